The largest absolute Gasteiger partial charge is 0.481 e. The number of Topliss-reactive ketones (excluding diaryl/α,β-unsaturated/α-hetero) is 1. The Morgan fingerprint density at radius 3 is 2.15 bits per heavy atom. The number of hydrogen-bond donors (Lipinski definition) is 3. The molecule has 0 spiro atoms. The summed E-state index contributed by atoms with van der Waals surface area (Å²) in [5, 5.41) is 23.4. The summed E-state index contributed by atoms with van der Waals surface area (Å²) in [6.07, 6.45) is 12.3. The molecule has 6 aliphatic carbocycles. The van der Waals surface area contributed by atoms with Gasteiger partial charge >= 0.3 is 11.9 Å². The number of carboxylic acid groups (broad SMARTS) is 1. The summed E-state index contributed by atoms with van der Waals surface area (Å²) in [5.41, 5.74) is 4.92. The van der Waals surface area contributed by atoms with Crippen molar-refractivity contribution in [1.82, 2.24) is 10.2 Å². The van der Waals surface area contributed by atoms with Crippen LogP contribution in [-0.4, -0.2) is 64.7 Å². The SMILES string of the molecule is CC(C)C1=C2[C@H]3CC[C@@H]4[C@@]5(C)CC[C@H](OC(=O)[C@H]6C[C@@H](C(=O)O)C6(C)C)C(C)(C)[C@@H]5CC[C@@]4(C)[C@]3(C)CC[C@@]2(CCNCc2ccc(CN3CCC(O)CC3)cc2)CC1=O. The summed E-state index contributed by atoms with van der Waals surface area (Å²) in [6.45, 7) is 25.5. The van der Waals surface area contributed by atoms with Crippen LogP contribution in [0.1, 0.15) is 157 Å². The zero-order chi connectivity index (χ0) is 43.2. The predicted molar refractivity (Wildman–Crippen MR) is 236 cm³/mol. The summed E-state index contributed by atoms with van der Waals surface area (Å²) in [5.74, 6) is 0.194. The number of likely N-dealkylation sites (tertiary alicyclic amines) is 1. The van der Waals surface area contributed by atoms with Crippen LogP contribution in [0.15, 0.2) is 35.4 Å². The van der Waals surface area contributed by atoms with Crippen molar-refractivity contribution in [1.29, 1.82) is 0 Å². The van der Waals surface area contributed by atoms with Gasteiger partial charge in [0.15, 0.2) is 5.78 Å². The lowest BCUT2D eigenvalue weighted by Gasteiger charge is -2.72. The van der Waals surface area contributed by atoms with Crippen LogP contribution in [0, 0.1) is 68.0 Å². The first-order chi connectivity index (χ1) is 28.2. The molecule has 1 heterocycles. The van der Waals surface area contributed by atoms with Gasteiger partial charge in [0.05, 0.1) is 17.9 Å². The molecule has 0 unspecified atom stereocenters. The molecule has 8 nitrogen and oxygen atoms in total. The van der Waals surface area contributed by atoms with Crippen molar-refractivity contribution in [3.05, 3.63) is 46.5 Å². The molecule has 1 aromatic carbocycles. The van der Waals surface area contributed by atoms with E-state index in [9.17, 15) is 24.6 Å². The van der Waals surface area contributed by atoms with Crippen LogP contribution in [0.3, 0.4) is 0 Å². The van der Waals surface area contributed by atoms with Crippen molar-refractivity contribution in [3.63, 3.8) is 0 Å². The van der Waals surface area contributed by atoms with Crippen molar-refractivity contribution in [2.24, 2.45) is 68.0 Å². The molecule has 0 bridgehead atoms. The van der Waals surface area contributed by atoms with Crippen molar-refractivity contribution >= 4 is 17.7 Å². The van der Waals surface area contributed by atoms with E-state index in [-0.39, 0.29) is 57.1 Å². The Bertz CT molecular complexity index is 1860. The van der Waals surface area contributed by atoms with Crippen molar-refractivity contribution < 1.29 is 29.3 Å². The Morgan fingerprint density at radius 1 is 0.817 bits per heavy atom. The second-order valence-electron chi connectivity index (χ2n) is 23.5. The number of aliphatic carboxylic acids is 1. The van der Waals surface area contributed by atoms with Crippen molar-refractivity contribution in [2.45, 2.75) is 171 Å². The van der Waals surface area contributed by atoms with Gasteiger partial charge in [0.25, 0.3) is 0 Å². The Kier molecular flexibility index (Phi) is 11.5. The zero-order valence-electron chi connectivity index (χ0n) is 38.6. The van der Waals surface area contributed by atoms with Crippen LogP contribution < -0.4 is 5.32 Å². The van der Waals surface area contributed by atoms with E-state index in [2.05, 4.69) is 82.9 Å². The van der Waals surface area contributed by atoms with Crippen LogP contribution >= 0.6 is 0 Å². The standard InChI is InChI=1S/C52H78N2O6/c1-32(2)43-39(56)29-52(24-25-53-30-33-10-12-34(13-11-33)31-54-26-18-35(55)19-27-54)23-22-50(8)36(44(43)52)14-15-41-49(7)20-17-42(48(5,6)40(49)16-21-51(41,50)9)60-46(59)38-28-37(45(57)58)47(38,3)4/h10-13,32,35-38,40-42,53,55H,14-31H2,1-9H3,(H,57,58)/t36-,37+,38-,40+,41-,42+,49+,50-,51-,52-/m1/s1. The van der Waals surface area contributed by atoms with Crippen molar-refractivity contribution in [2.75, 3.05) is 19.6 Å². The van der Waals surface area contributed by atoms with Gasteiger partial charge in [-0.05, 0) is 146 Å². The molecule has 5 saturated carbocycles. The second-order valence-corrected chi connectivity index (χ2v) is 23.5. The van der Waals surface area contributed by atoms with Crippen molar-refractivity contribution in [3.8, 4) is 0 Å². The first kappa shape index (κ1) is 44.1. The average molecular weight is 827 g/mol. The number of carboxylic acids is 1. The number of fused-ring (bicyclic) bond motifs is 7. The normalized spacial score (nSPS) is 40.0. The van der Waals surface area contributed by atoms with Gasteiger partial charge in [0, 0.05) is 43.4 Å². The maximum atomic E-state index is 14.2. The van der Waals surface area contributed by atoms with E-state index < -0.39 is 17.3 Å². The van der Waals surface area contributed by atoms with Gasteiger partial charge in [-0.3, -0.25) is 19.3 Å². The second kappa shape index (κ2) is 15.6. The minimum atomic E-state index is -0.816. The minimum Gasteiger partial charge on any atom is -0.481 e. The summed E-state index contributed by atoms with van der Waals surface area (Å²) in [7, 11) is 0. The fraction of sp³-hybridized carbons (Fsp3) is 0.788. The van der Waals surface area contributed by atoms with Crippen LogP contribution in [0.5, 0.6) is 0 Å². The molecule has 0 radical (unpaired) electrons. The summed E-state index contributed by atoms with van der Waals surface area (Å²) in [4.78, 5) is 42.1. The van der Waals surface area contributed by atoms with Gasteiger partial charge < -0.3 is 20.3 Å². The Labute approximate surface area is 361 Å². The minimum absolute atomic E-state index is 0.0482. The topological polar surface area (TPSA) is 116 Å². The summed E-state index contributed by atoms with van der Waals surface area (Å²) in [6, 6.07) is 9.04. The number of nitrogens with zero attached hydrogens (tertiary/aromatic N) is 1. The average Bonchev–Trinajstić information content (AvgIpc) is 3.48. The number of ketones is 1. The van der Waals surface area contributed by atoms with Gasteiger partial charge in [0.1, 0.15) is 6.10 Å². The molecule has 0 amide bonds. The van der Waals surface area contributed by atoms with Gasteiger partial charge in [-0.2, -0.15) is 0 Å². The maximum Gasteiger partial charge on any atom is 0.309 e. The highest BCUT2D eigenvalue weighted by Crippen LogP contribution is 2.77. The lowest BCUT2D eigenvalue weighted by Crippen LogP contribution is -2.66. The molecule has 6 fully saturated rings. The van der Waals surface area contributed by atoms with Crippen LogP contribution in [-0.2, 0) is 32.2 Å². The van der Waals surface area contributed by atoms with Gasteiger partial charge in [-0.25, -0.2) is 0 Å². The van der Waals surface area contributed by atoms with Crippen LogP contribution in [0.4, 0.5) is 0 Å². The quantitative estimate of drug-likeness (QED) is 0.149. The number of piperidine rings is 1. The number of carbonyl (C=O) groups is 3. The number of carbonyl (C=O) groups excluding carboxylic acids is 2. The highest BCUT2D eigenvalue weighted by Gasteiger charge is 2.70. The Hall–Kier alpha value is -2.55. The maximum absolute atomic E-state index is 14.2. The third-order valence-corrected chi connectivity index (χ3v) is 19.7. The van der Waals surface area contributed by atoms with E-state index in [1.165, 1.54) is 29.5 Å². The molecule has 60 heavy (non-hydrogen) atoms. The van der Waals surface area contributed by atoms with Gasteiger partial charge in [-0.1, -0.05) is 92.2 Å². The lowest BCUT2D eigenvalue weighted by molar-refractivity contribution is -0.236. The molecule has 10 atom stereocenters. The fourth-order valence-electron chi connectivity index (χ4n) is 15.9. The molecule has 1 saturated heterocycles. The van der Waals surface area contributed by atoms with Gasteiger partial charge in [-0.15, -0.1) is 0 Å². The Balaban J connectivity index is 0.952. The van der Waals surface area contributed by atoms with E-state index in [0.29, 0.717) is 36.4 Å². The van der Waals surface area contributed by atoms with E-state index in [0.717, 1.165) is 90.5 Å². The van der Waals surface area contributed by atoms with Crippen LogP contribution in [0.25, 0.3) is 0 Å². The highest BCUT2D eigenvalue weighted by atomic mass is 16.5. The number of allylic oxidation sites excluding steroid dienone is 2. The molecule has 7 aliphatic rings. The molecule has 8 rings (SSSR count). The number of aliphatic hydroxyl groups is 1. The van der Waals surface area contributed by atoms with E-state index in [4.69, 9.17) is 4.74 Å². The molecule has 0 aromatic heterocycles. The van der Waals surface area contributed by atoms with Gasteiger partial charge in [0.2, 0.25) is 0 Å². The van der Waals surface area contributed by atoms with E-state index in [1.807, 2.05) is 13.8 Å². The molecular formula is C52H78N2O6. The summed E-state index contributed by atoms with van der Waals surface area (Å²) < 4.78 is 6.45. The number of benzene rings is 1. The zero-order valence-corrected chi connectivity index (χ0v) is 38.6. The first-order valence-electron chi connectivity index (χ1n) is 24.1. The number of ether oxygens (including phenoxy) is 1. The fourth-order valence-corrected chi connectivity index (χ4v) is 15.9. The number of esters is 1. The molecule has 1 aliphatic heterocycles. The number of hydrogen-bond acceptors (Lipinski definition) is 7. The Morgan fingerprint density at radius 2 is 1.50 bits per heavy atom. The number of nitrogens with one attached hydrogen (secondary N) is 1. The molecule has 332 valence electrons. The molecule has 8 heteroatoms. The molecule has 1 aromatic rings. The molecule has 3 N–H and O–H groups in total. The van der Waals surface area contributed by atoms with E-state index in [1.54, 1.807) is 5.57 Å². The summed E-state index contributed by atoms with van der Waals surface area (Å²) >= 11 is 0. The monoisotopic (exact) mass is 827 g/mol. The smallest absolute Gasteiger partial charge is 0.309 e. The van der Waals surface area contributed by atoms with Crippen LogP contribution in [0.2, 0.25) is 0 Å². The third kappa shape index (κ3) is 6.98. The highest BCUT2D eigenvalue weighted by molar-refractivity contribution is 6.00. The third-order valence-electron chi connectivity index (χ3n) is 19.7. The molecular weight excluding hydrogens is 749 g/mol. The predicted octanol–water partition coefficient (Wildman–Crippen LogP) is 9.76. The first-order valence-corrected chi connectivity index (χ1v) is 24.1. The lowest BCUT2D eigenvalue weighted by atomic mass is 9.33. The number of rotatable bonds is 11. The number of aliphatic hydroxyl groups excluding tert-OH is 1. The van der Waals surface area contributed by atoms with E-state index >= 15 is 0 Å².